The van der Waals surface area contributed by atoms with E-state index >= 15 is 0 Å². The number of anilines is 1. The summed E-state index contributed by atoms with van der Waals surface area (Å²) in [6.45, 7) is 4.03. The number of fused-ring (bicyclic) bond motifs is 1. The number of carbonyl (C=O) groups is 1. The van der Waals surface area contributed by atoms with Crippen LogP contribution in [-0.2, 0) is 14.3 Å². The Kier molecular flexibility index (Phi) is 3.88. The predicted molar refractivity (Wildman–Crippen MR) is 95.7 cm³/mol. The van der Waals surface area contributed by atoms with Crippen LogP contribution in [0.25, 0.3) is 10.2 Å². The molecule has 1 aromatic heterocycles. The highest BCUT2D eigenvalue weighted by atomic mass is 32.1. The number of likely N-dealkylation sites (tertiary alicyclic amines) is 1. The van der Waals surface area contributed by atoms with E-state index in [0.29, 0.717) is 39.4 Å². The molecule has 1 amide bonds. The number of hydrogen-bond donors (Lipinski definition) is 0. The molecular weight excluding hydrogens is 357 g/mol. The van der Waals surface area contributed by atoms with Crippen molar-refractivity contribution in [2.75, 3.05) is 44.3 Å². The molecule has 2 aromatic rings. The van der Waals surface area contributed by atoms with E-state index in [4.69, 9.17) is 9.47 Å². The summed E-state index contributed by atoms with van der Waals surface area (Å²) in [5.74, 6) is -0.472. The Morgan fingerprint density at radius 2 is 1.96 bits per heavy atom. The van der Waals surface area contributed by atoms with Gasteiger partial charge in [-0.3, -0.25) is 4.79 Å². The minimum atomic E-state index is -0.446. The smallest absolute Gasteiger partial charge is 0.229 e. The molecule has 0 atom stereocenters. The quantitative estimate of drug-likeness (QED) is 0.803. The Hall–Kier alpha value is -1.77. The molecule has 1 spiro atoms. The predicted octanol–water partition coefficient (Wildman–Crippen LogP) is 2.24. The molecular formula is C18H20FN3O3S. The summed E-state index contributed by atoms with van der Waals surface area (Å²) in [5.41, 5.74) is 0.805. The van der Waals surface area contributed by atoms with E-state index in [0.717, 1.165) is 28.2 Å². The van der Waals surface area contributed by atoms with E-state index in [2.05, 4.69) is 9.88 Å². The van der Waals surface area contributed by atoms with Crippen molar-refractivity contribution in [2.24, 2.45) is 5.92 Å². The van der Waals surface area contributed by atoms with E-state index in [-0.39, 0.29) is 17.6 Å². The topological polar surface area (TPSA) is 54.9 Å². The lowest BCUT2D eigenvalue weighted by atomic mass is 9.96. The lowest BCUT2D eigenvalue weighted by Gasteiger charge is -2.43. The molecule has 5 rings (SSSR count). The molecule has 3 fully saturated rings. The summed E-state index contributed by atoms with van der Waals surface area (Å²) in [4.78, 5) is 21.3. The fourth-order valence-corrected chi connectivity index (χ4v) is 4.93. The third kappa shape index (κ3) is 2.76. The minimum absolute atomic E-state index is 0.0122. The molecule has 3 saturated heterocycles. The van der Waals surface area contributed by atoms with Crippen LogP contribution in [0, 0.1) is 11.7 Å². The molecule has 0 N–H and O–H groups in total. The molecule has 0 bridgehead atoms. The van der Waals surface area contributed by atoms with Crippen LogP contribution in [0.5, 0.6) is 0 Å². The molecule has 138 valence electrons. The van der Waals surface area contributed by atoms with Crippen molar-refractivity contribution in [1.82, 2.24) is 9.88 Å². The van der Waals surface area contributed by atoms with Crippen molar-refractivity contribution in [3.05, 3.63) is 24.0 Å². The van der Waals surface area contributed by atoms with Gasteiger partial charge >= 0.3 is 0 Å². The zero-order valence-electron chi connectivity index (χ0n) is 14.3. The average molecular weight is 377 g/mol. The maximum absolute atomic E-state index is 13.3. The Bertz CT molecular complexity index is 835. The largest absolute Gasteiger partial charge is 0.347 e. The first kappa shape index (κ1) is 16.4. The summed E-state index contributed by atoms with van der Waals surface area (Å²) in [6, 6.07) is 4.63. The van der Waals surface area contributed by atoms with Crippen LogP contribution < -0.4 is 4.90 Å². The van der Waals surface area contributed by atoms with Gasteiger partial charge < -0.3 is 19.3 Å². The van der Waals surface area contributed by atoms with Gasteiger partial charge in [0.2, 0.25) is 5.91 Å². The van der Waals surface area contributed by atoms with Gasteiger partial charge in [-0.25, -0.2) is 9.37 Å². The van der Waals surface area contributed by atoms with E-state index in [1.807, 2.05) is 4.90 Å². The fourth-order valence-electron chi connectivity index (χ4n) is 3.92. The number of piperidine rings is 1. The molecule has 26 heavy (non-hydrogen) atoms. The number of ether oxygens (including phenoxy) is 2. The van der Waals surface area contributed by atoms with Gasteiger partial charge in [0.05, 0.1) is 29.3 Å². The highest BCUT2D eigenvalue weighted by molar-refractivity contribution is 7.22. The second-order valence-corrected chi connectivity index (χ2v) is 8.15. The highest BCUT2D eigenvalue weighted by Crippen LogP contribution is 2.35. The van der Waals surface area contributed by atoms with Gasteiger partial charge in [-0.2, -0.15) is 0 Å². The number of benzene rings is 1. The summed E-state index contributed by atoms with van der Waals surface area (Å²) in [5, 5.41) is 0.861. The minimum Gasteiger partial charge on any atom is -0.347 e. The molecule has 0 unspecified atom stereocenters. The van der Waals surface area contributed by atoms with Gasteiger partial charge in [-0.1, -0.05) is 11.3 Å². The summed E-state index contributed by atoms with van der Waals surface area (Å²) in [7, 11) is 0. The number of thiazole rings is 1. The highest BCUT2D eigenvalue weighted by Gasteiger charge is 2.43. The van der Waals surface area contributed by atoms with Crippen molar-refractivity contribution in [2.45, 2.75) is 18.6 Å². The lowest BCUT2D eigenvalue weighted by Crippen LogP contribution is -2.57. The van der Waals surface area contributed by atoms with Crippen LogP contribution >= 0.6 is 11.3 Å². The number of nitrogens with zero attached hydrogens (tertiary/aromatic N) is 3. The third-order valence-electron chi connectivity index (χ3n) is 5.49. The van der Waals surface area contributed by atoms with E-state index in [1.54, 1.807) is 6.07 Å². The first-order chi connectivity index (χ1) is 12.6. The van der Waals surface area contributed by atoms with E-state index in [1.165, 1.54) is 23.5 Å². The fraction of sp³-hybridized carbons (Fsp3) is 0.556. The van der Waals surface area contributed by atoms with Crippen LogP contribution in [0.2, 0.25) is 0 Å². The standard InChI is InChI=1S/C18H20FN3O3S/c19-13-1-2-14-15(9-13)26-17(20-14)22-10-12(11-22)16(23)21-5-3-18(4-6-21)24-7-8-25-18/h1-2,9,12H,3-8,10-11H2. The molecule has 3 aliphatic rings. The molecule has 0 saturated carbocycles. The summed E-state index contributed by atoms with van der Waals surface area (Å²) in [6.07, 6.45) is 1.50. The number of aromatic nitrogens is 1. The summed E-state index contributed by atoms with van der Waals surface area (Å²) >= 11 is 1.47. The van der Waals surface area contributed by atoms with Gasteiger partial charge in [-0.05, 0) is 18.2 Å². The van der Waals surface area contributed by atoms with Crippen LogP contribution in [0.3, 0.4) is 0 Å². The molecule has 0 aliphatic carbocycles. The Morgan fingerprint density at radius 3 is 2.69 bits per heavy atom. The monoisotopic (exact) mass is 377 g/mol. The van der Waals surface area contributed by atoms with Crippen molar-refractivity contribution in [3.8, 4) is 0 Å². The number of amides is 1. The number of hydrogen-bond acceptors (Lipinski definition) is 6. The third-order valence-corrected chi connectivity index (χ3v) is 6.57. The molecule has 6 nitrogen and oxygen atoms in total. The lowest BCUT2D eigenvalue weighted by molar-refractivity contribution is -0.188. The second-order valence-electron chi connectivity index (χ2n) is 7.14. The van der Waals surface area contributed by atoms with Crippen LogP contribution in [-0.4, -0.2) is 61.0 Å². The maximum atomic E-state index is 13.3. The first-order valence-electron chi connectivity index (χ1n) is 9.00. The van der Waals surface area contributed by atoms with Gasteiger partial charge in [0.1, 0.15) is 5.82 Å². The van der Waals surface area contributed by atoms with Crippen molar-refractivity contribution >= 4 is 32.6 Å². The number of rotatable bonds is 2. The normalized spacial score (nSPS) is 23.0. The number of halogens is 1. The van der Waals surface area contributed by atoms with Crippen molar-refractivity contribution in [1.29, 1.82) is 0 Å². The maximum Gasteiger partial charge on any atom is 0.229 e. The Balaban J connectivity index is 1.19. The van der Waals surface area contributed by atoms with Gasteiger partial charge in [0, 0.05) is 39.0 Å². The van der Waals surface area contributed by atoms with Crippen molar-refractivity contribution in [3.63, 3.8) is 0 Å². The van der Waals surface area contributed by atoms with Crippen LogP contribution in [0.1, 0.15) is 12.8 Å². The molecule has 0 radical (unpaired) electrons. The van der Waals surface area contributed by atoms with Crippen LogP contribution in [0.15, 0.2) is 18.2 Å². The number of carbonyl (C=O) groups excluding carboxylic acids is 1. The van der Waals surface area contributed by atoms with E-state index in [9.17, 15) is 9.18 Å². The SMILES string of the molecule is O=C(C1CN(c2nc3ccc(F)cc3s2)C1)N1CCC2(CC1)OCCO2. The molecule has 3 aliphatic heterocycles. The molecule has 1 aromatic carbocycles. The molecule has 4 heterocycles. The Labute approximate surface area is 154 Å². The zero-order chi connectivity index (χ0) is 17.7. The van der Waals surface area contributed by atoms with Gasteiger partial charge in [-0.15, -0.1) is 0 Å². The van der Waals surface area contributed by atoms with E-state index < -0.39 is 5.79 Å². The van der Waals surface area contributed by atoms with Crippen molar-refractivity contribution < 1.29 is 18.7 Å². The first-order valence-corrected chi connectivity index (χ1v) is 9.81. The van der Waals surface area contributed by atoms with Gasteiger partial charge in [0.15, 0.2) is 10.9 Å². The zero-order valence-corrected chi connectivity index (χ0v) is 15.1. The Morgan fingerprint density at radius 1 is 1.23 bits per heavy atom. The molecule has 8 heteroatoms. The average Bonchev–Trinajstić information content (AvgIpc) is 3.21. The van der Waals surface area contributed by atoms with Crippen LogP contribution in [0.4, 0.5) is 9.52 Å². The van der Waals surface area contributed by atoms with Gasteiger partial charge in [0.25, 0.3) is 0 Å². The summed E-state index contributed by atoms with van der Waals surface area (Å²) < 4.78 is 25.6. The second kappa shape index (κ2) is 6.14.